The summed E-state index contributed by atoms with van der Waals surface area (Å²) in [5.74, 6) is 11.4. The number of benzene rings is 11. The number of halogens is 2. The Kier molecular flexibility index (Phi) is 53.3. The van der Waals surface area contributed by atoms with E-state index in [2.05, 4.69) is 97.0 Å². The van der Waals surface area contributed by atoms with Gasteiger partial charge in [0.05, 0.1) is 113 Å². The molecule has 19 heteroatoms. The van der Waals surface area contributed by atoms with Crippen molar-refractivity contribution in [2.45, 2.75) is 124 Å². The molecule has 0 aromatic heterocycles. The predicted octanol–water partition coefficient (Wildman–Crippen LogP) is 25.8. The van der Waals surface area contributed by atoms with Crippen LogP contribution in [-0.4, -0.2) is 103 Å². The molecule has 0 heterocycles. The van der Waals surface area contributed by atoms with Crippen LogP contribution in [-0.2, 0) is 0 Å². The topological polar surface area (TPSA) is 172 Å². The van der Waals surface area contributed by atoms with E-state index in [1.165, 1.54) is 33.4 Å². The van der Waals surface area contributed by atoms with E-state index in [-0.39, 0.29) is 10.6 Å². The fourth-order valence-electron chi connectivity index (χ4n) is 9.77. The Hall–Kier alpha value is -11.4. The molecule has 11 aromatic carbocycles. The summed E-state index contributed by atoms with van der Waals surface area (Å²) < 4.78 is 71.9. The highest BCUT2D eigenvalue weighted by Gasteiger charge is 2.12. The van der Waals surface area contributed by atoms with Crippen LogP contribution in [0.1, 0.15) is 106 Å². The molecule has 0 aliphatic heterocycles. The number of nitro groups is 1. The summed E-state index contributed by atoms with van der Waals surface area (Å²) >= 11 is 11.7. The van der Waals surface area contributed by atoms with Gasteiger partial charge >= 0.3 is 0 Å². The van der Waals surface area contributed by atoms with Crippen molar-refractivity contribution in [3.05, 3.63) is 311 Å². The molecule has 0 aliphatic rings. The molecule has 634 valence electrons. The molecule has 11 aromatic rings. The third-order valence-electron chi connectivity index (χ3n) is 16.3. The molecule has 11 rings (SSSR count). The first-order valence-corrected chi connectivity index (χ1v) is 38.9. The molecule has 0 saturated carbocycles. The number of nitro benzene ring substituents is 1. The Labute approximate surface area is 709 Å². The number of rotatable bonds is 20. The van der Waals surface area contributed by atoms with Gasteiger partial charge in [-0.2, -0.15) is 0 Å². The van der Waals surface area contributed by atoms with Crippen molar-refractivity contribution in [1.29, 1.82) is 0 Å². The van der Waals surface area contributed by atoms with Gasteiger partial charge in [0.1, 0.15) is 51.7 Å². The van der Waals surface area contributed by atoms with E-state index < -0.39 is 0 Å². The van der Waals surface area contributed by atoms with Crippen molar-refractivity contribution < 1.29 is 71.2 Å². The van der Waals surface area contributed by atoms with E-state index in [0.717, 1.165) is 123 Å². The summed E-state index contributed by atoms with van der Waals surface area (Å²) in [6, 6.07) is 70.4. The lowest BCUT2D eigenvalue weighted by Gasteiger charge is -2.12. The Morgan fingerprint density at radius 3 is 1.04 bits per heavy atom. The maximum absolute atomic E-state index is 10.4. The van der Waals surface area contributed by atoms with Gasteiger partial charge < -0.3 is 66.3 Å². The number of nitrogens with zero attached hydrogens (tertiary/aromatic N) is 1. The minimum atomic E-state index is -0.359. The van der Waals surface area contributed by atoms with E-state index >= 15 is 0 Å². The first-order chi connectivity index (χ1) is 55.9. The number of methoxy groups -OCH3 is 11. The maximum atomic E-state index is 10.4. The number of hydrogen-bond acceptors (Lipinski definition) is 16. The summed E-state index contributed by atoms with van der Waals surface area (Å²) in [5, 5.41) is 11.7. The van der Waals surface area contributed by atoms with Crippen LogP contribution in [0.2, 0.25) is 10.0 Å². The molecule has 0 fully saturated rings. The Balaban J connectivity index is 0.000000644. The molecule has 0 unspecified atom stereocenters. The molecule has 17 nitrogen and oxygen atoms in total. The number of hydrogen-bond donors (Lipinski definition) is 0. The summed E-state index contributed by atoms with van der Waals surface area (Å²) in [5.41, 5.74) is 15.1. The molecular formula is C98H127Cl2NO16. The van der Waals surface area contributed by atoms with E-state index in [1.54, 1.807) is 97.3 Å². The highest BCUT2D eigenvalue weighted by Crippen LogP contribution is 2.38. The van der Waals surface area contributed by atoms with Crippen molar-refractivity contribution in [3.63, 3.8) is 0 Å². The zero-order valence-corrected chi connectivity index (χ0v) is 75.6. The Bertz CT molecular complexity index is 4500. The zero-order valence-electron chi connectivity index (χ0n) is 74.1. The van der Waals surface area contributed by atoms with Crippen molar-refractivity contribution in [2.75, 3.05) is 98.0 Å². The Morgan fingerprint density at radius 2 is 0.641 bits per heavy atom. The first-order valence-electron chi connectivity index (χ1n) is 38.2. The molecule has 0 aliphatic carbocycles. The van der Waals surface area contributed by atoms with Gasteiger partial charge in [-0.1, -0.05) is 139 Å². The molecule has 0 radical (unpaired) electrons. The third-order valence-corrected chi connectivity index (χ3v) is 16.9. The predicted molar refractivity (Wildman–Crippen MR) is 484 cm³/mol. The van der Waals surface area contributed by atoms with Crippen LogP contribution in [0.3, 0.4) is 0 Å². The number of ether oxygens (including phenoxy) is 14. The lowest BCUT2D eigenvalue weighted by molar-refractivity contribution is -0.385. The third kappa shape index (κ3) is 43.2. The van der Waals surface area contributed by atoms with Gasteiger partial charge in [-0.15, -0.1) is 0 Å². The second-order valence-electron chi connectivity index (χ2n) is 26.3. The molecule has 0 bridgehead atoms. The van der Waals surface area contributed by atoms with Crippen LogP contribution in [0.15, 0.2) is 218 Å². The highest BCUT2D eigenvalue weighted by molar-refractivity contribution is 6.32. The molecule has 0 saturated heterocycles. The molecular weight excluding hydrogens is 1520 g/mol. The average Bonchev–Trinajstić information content (AvgIpc) is 0.845. The van der Waals surface area contributed by atoms with Crippen molar-refractivity contribution in [2.24, 2.45) is 0 Å². The lowest BCUT2D eigenvalue weighted by atomic mass is 10.1. The average molecular weight is 1650 g/mol. The summed E-state index contributed by atoms with van der Waals surface area (Å²) in [4.78, 5) is 10.0. The Morgan fingerprint density at radius 1 is 0.265 bits per heavy atom. The van der Waals surface area contributed by atoms with Gasteiger partial charge in [0.15, 0.2) is 23.0 Å². The van der Waals surface area contributed by atoms with Crippen LogP contribution >= 0.6 is 23.2 Å². The standard InChI is InChI=1S/C10H14O3.2C10H14O.C9H11ClO.3C9H12O2.C8H9ClO.C8H9NO2.C8H10O.C8H10/c1-7-5-8(11-2)10(13-4)9(6-7)12-3;1-3-8-11-10-6-4-9(2)5-7-10;1-3-7-11-10-6-4-5-9(2)8-10;1-3-11-9-5-4-7(2)6-8(9)10;1-7-4-8(10-2)6-9(5-7)11-3;1-7-6-8(10-2)4-5-9(7)11-3;1-7-4-5-8(10-2)9(6-7)11-3;1-6-3-4-8(10-2)7(9)5-6;1-6-3-4-7(2)8(5-6)9(10)11;1-7-3-5-8(9-2)6-4-7;1-7-5-3-4-6-8(7)2/h5-6H,1-4H3;4-7H,3,8H2,1-2H3;4-6,8H,3,7H2,1-2H3;4-6H,3H2,1-2H3;3*4-6H,1-3H3;3-5H,1-2H3;3-5H,1-2H3;3-6H,1-2H3;3-6H,1-2H3. The van der Waals surface area contributed by atoms with Gasteiger partial charge in [0.25, 0.3) is 5.69 Å². The second-order valence-corrected chi connectivity index (χ2v) is 27.1. The lowest BCUT2D eigenvalue weighted by Crippen LogP contribution is -1.95. The fraction of sp³-hybridized carbons (Fsp3) is 0.327. The summed E-state index contributed by atoms with van der Waals surface area (Å²) in [7, 11) is 18.0. The summed E-state index contributed by atoms with van der Waals surface area (Å²) in [6.45, 7) is 34.4. The maximum Gasteiger partial charge on any atom is 0.272 e. The minimum Gasteiger partial charge on any atom is -0.497 e. The monoisotopic (exact) mass is 1640 g/mol. The van der Waals surface area contributed by atoms with E-state index in [4.69, 9.17) is 89.5 Å². The zero-order chi connectivity index (χ0) is 87.8. The van der Waals surface area contributed by atoms with Gasteiger partial charge in [-0.05, 0) is 281 Å². The molecule has 0 N–H and O–H groups in total. The van der Waals surface area contributed by atoms with Gasteiger partial charge in [0, 0.05) is 17.7 Å². The summed E-state index contributed by atoms with van der Waals surface area (Å²) in [6.07, 6.45) is 2.13. The van der Waals surface area contributed by atoms with Crippen molar-refractivity contribution in [1.82, 2.24) is 0 Å². The first kappa shape index (κ1) is 104. The van der Waals surface area contributed by atoms with E-state index in [9.17, 15) is 10.1 Å². The highest BCUT2D eigenvalue weighted by atomic mass is 35.5. The van der Waals surface area contributed by atoms with Crippen LogP contribution in [0.25, 0.3) is 0 Å². The SMILES string of the molecule is CCCOc1ccc(C)cc1.CCCOc1cccc(C)c1.CCOc1ccc(C)cc1Cl.COc1cc(C)cc(OC)c1.COc1cc(C)cc(OC)c1OC.COc1ccc(C)cc1.COc1ccc(C)cc1Cl.COc1ccc(C)cc1OC.COc1ccc(OC)c(C)c1.Cc1ccc(C)c([N+](=O)[O-])c1.Cc1ccccc1C. The molecule has 0 amide bonds. The van der Waals surface area contributed by atoms with Gasteiger partial charge in [-0.25, -0.2) is 0 Å². The molecule has 117 heavy (non-hydrogen) atoms. The smallest absolute Gasteiger partial charge is 0.272 e. The van der Waals surface area contributed by atoms with Crippen LogP contribution in [0, 0.1) is 100 Å². The van der Waals surface area contributed by atoms with E-state index in [0.29, 0.717) is 39.5 Å². The van der Waals surface area contributed by atoms with Crippen molar-refractivity contribution >= 4 is 28.9 Å². The van der Waals surface area contributed by atoms with Gasteiger partial charge in [0.2, 0.25) is 5.75 Å². The quantitative estimate of drug-likeness (QED) is 0.0520. The molecule has 0 atom stereocenters. The van der Waals surface area contributed by atoms with Crippen LogP contribution < -0.4 is 66.3 Å². The van der Waals surface area contributed by atoms with Crippen LogP contribution in [0.4, 0.5) is 5.69 Å². The van der Waals surface area contributed by atoms with E-state index in [1.807, 2.05) is 213 Å². The van der Waals surface area contributed by atoms with Crippen LogP contribution in [0.5, 0.6) is 80.5 Å². The molecule has 0 spiro atoms. The van der Waals surface area contributed by atoms with Gasteiger partial charge in [-0.3, -0.25) is 10.1 Å². The normalized spacial score (nSPS) is 9.48. The fourth-order valence-corrected chi connectivity index (χ4v) is 10.4. The minimum absolute atomic E-state index is 0.199. The van der Waals surface area contributed by atoms with Crippen molar-refractivity contribution in [3.8, 4) is 80.5 Å². The second kappa shape index (κ2) is 60.2. The largest absolute Gasteiger partial charge is 0.497 e. The number of aryl methyl sites for hydroxylation is 13.